The Morgan fingerprint density at radius 1 is 1.26 bits per heavy atom. The molecule has 2 aliphatic rings. The zero-order valence-corrected chi connectivity index (χ0v) is 13.8. The van der Waals surface area contributed by atoms with Crippen molar-refractivity contribution in [2.45, 2.75) is 45.3 Å². The summed E-state index contributed by atoms with van der Waals surface area (Å²) in [6.07, 6.45) is 2.27. The molecule has 0 aliphatic carbocycles. The molecule has 1 saturated heterocycles. The Balaban J connectivity index is 1.80. The fraction of sp³-hybridized carbons (Fsp3) is 0.556. The van der Waals surface area contributed by atoms with Crippen molar-refractivity contribution in [1.29, 1.82) is 0 Å². The second-order valence-corrected chi connectivity index (χ2v) is 6.50. The van der Waals surface area contributed by atoms with Crippen LogP contribution in [-0.2, 0) is 20.7 Å². The van der Waals surface area contributed by atoms with Crippen LogP contribution in [0.3, 0.4) is 0 Å². The number of hydrogen-bond donors (Lipinski definition) is 0. The molecule has 2 amide bonds. The number of nitrogens with zero attached hydrogens (tertiary/aromatic N) is 2. The number of anilines is 1. The third-order valence-corrected chi connectivity index (χ3v) is 4.64. The molecule has 23 heavy (non-hydrogen) atoms. The maximum Gasteiger partial charge on any atom is 0.243 e. The minimum atomic E-state index is -0.00213. The quantitative estimate of drug-likeness (QED) is 0.838. The molecular formula is C18H24N2O3. The maximum absolute atomic E-state index is 12.8. The lowest BCUT2D eigenvalue weighted by Crippen LogP contribution is -2.53. The highest BCUT2D eigenvalue weighted by Gasteiger charge is 2.31. The Labute approximate surface area is 137 Å². The molecule has 2 heterocycles. The summed E-state index contributed by atoms with van der Waals surface area (Å²) in [5.74, 6) is 0.0370. The highest BCUT2D eigenvalue weighted by atomic mass is 16.5. The first-order valence-corrected chi connectivity index (χ1v) is 8.35. The smallest absolute Gasteiger partial charge is 0.243 e. The van der Waals surface area contributed by atoms with Crippen LogP contribution in [0.4, 0.5) is 5.69 Å². The van der Waals surface area contributed by atoms with E-state index in [-0.39, 0.29) is 30.5 Å². The minimum absolute atomic E-state index is 0.00213. The molecule has 124 valence electrons. The van der Waals surface area contributed by atoms with E-state index in [2.05, 4.69) is 0 Å². The van der Waals surface area contributed by atoms with E-state index in [1.165, 1.54) is 0 Å². The van der Waals surface area contributed by atoms with Crippen molar-refractivity contribution in [2.75, 3.05) is 24.6 Å². The third-order valence-electron chi connectivity index (χ3n) is 4.64. The zero-order chi connectivity index (χ0) is 16.4. The van der Waals surface area contributed by atoms with E-state index in [0.717, 1.165) is 24.1 Å². The molecule has 1 fully saturated rings. The minimum Gasteiger partial charge on any atom is -0.375 e. The Hall–Kier alpha value is -1.88. The van der Waals surface area contributed by atoms with Crippen LogP contribution < -0.4 is 4.90 Å². The van der Waals surface area contributed by atoms with Gasteiger partial charge in [-0.1, -0.05) is 18.2 Å². The van der Waals surface area contributed by atoms with Gasteiger partial charge in [-0.15, -0.1) is 0 Å². The van der Waals surface area contributed by atoms with Crippen LogP contribution in [0.2, 0.25) is 0 Å². The Morgan fingerprint density at radius 2 is 2.04 bits per heavy atom. The topological polar surface area (TPSA) is 49.9 Å². The number of hydrogen-bond acceptors (Lipinski definition) is 3. The van der Waals surface area contributed by atoms with Gasteiger partial charge >= 0.3 is 0 Å². The standard InChI is InChI=1S/C18H24N2O3/c1-13-12-23-14(2)10-19(13)18(22)11-20-16-8-4-3-6-15(16)7-5-9-17(20)21/h3-4,6,8,13-14H,5,7,9-12H2,1-2H3/t13-,14-/m0/s1. The van der Waals surface area contributed by atoms with Crippen molar-refractivity contribution in [3.8, 4) is 0 Å². The molecule has 0 unspecified atom stereocenters. The number of rotatable bonds is 2. The van der Waals surface area contributed by atoms with E-state index in [1.807, 2.05) is 43.0 Å². The Bertz CT molecular complexity index is 602. The van der Waals surface area contributed by atoms with E-state index in [9.17, 15) is 9.59 Å². The van der Waals surface area contributed by atoms with Crippen molar-refractivity contribution in [3.05, 3.63) is 29.8 Å². The van der Waals surface area contributed by atoms with Crippen LogP contribution in [0.5, 0.6) is 0 Å². The first-order valence-electron chi connectivity index (χ1n) is 8.35. The average molecular weight is 316 g/mol. The van der Waals surface area contributed by atoms with E-state index < -0.39 is 0 Å². The molecule has 1 aromatic rings. The summed E-state index contributed by atoms with van der Waals surface area (Å²) in [4.78, 5) is 28.7. The number of benzene rings is 1. The number of carbonyl (C=O) groups excluding carboxylic acids is 2. The Morgan fingerprint density at radius 3 is 2.87 bits per heavy atom. The maximum atomic E-state index is 12.8. The highest BCUT2D eigenvalue weighted by molar-refractivity contribution is 5.99. The van der Waals surface area contributed by atoms with Gasteiger partial charge in [-0.3, -0.25) is 9.59 Å². The number of carbonyl (C=O) groups is 2. The lowest BCUT2D eigenvalue weighted by atomic mass is 10.1. The van der Waals surface area contributed by atoms with Crippen LogP contribution >= 0.6 is 0 Å². The molecule has 1 aromatic carbocycles. The molecule has 2 atom stereocenters. The monoisotopic (exact) mass is 316 g/mol. The fourth-order valence-corrected chi connectivity index (χ4v) is 3.34. The lowest BCUT2D eigenvalue weighted by Gasteiger charge is -2.38. The molecule has 5 heteroatoms. The summed E-state index contributed by atoms with van der Waals surface area (Å²) in [7, 11) is 0. The van der Waals surface area contributed by atoms with Crippen molar-refractivity contribution in [2.24, 2.45) is 0 Å². The van der Waals surface area contributed by atoms with Gasteiger partial charge in [0.15, 0.2) is 0 Å². The SMILES string of the molecule is C[C@H]1CN(C(=O)CN2C(=O)CCCc3ccccc32)[C@@H](C)CO1. The van der Waals surface area contributed by atoms with Crippen LogP contribution in [-0.4, -0.2) is 48.6 Å². The van der Waals surface area contributed by atoms with Crippen molar-refractivity contribution in [1.82, 2.24) is 4.90 Å². The van der Waals surface area contributed by atoms with E-state index >= 15 is 0 Å². The van der Waals surface area contributed by atoms with Crippen molar-refractivity contribution >= 4 is 17.5 Å². The molecule has 3 rings (SSSR count). The van der Waals surface area contributed by atoms with Crippen molar-refractivity contribution in [3.63, 3.8) is 0 Å². The third kappa shape index (κ3) is 3.39. The molecule has 0 aromatic heterocycles. The molecule has 5 nitrogen and oxygen atoms in total. The van der Waals surface area contributed by atoms with Gasteiger partial charge in [-0.25, -0.2) is 0 Å². The number of morpholine rings is 1. The summed E-state index contributed by atoms with van der Waals surface area (Å²) >= 11 is 0. The summed E-state index contributed by atoms with van der Waals surface area (Å²) < 4.78 is 5.58. The molecule has 2 aliphatic heterocycles. The highest BCUT2D eigenvalue weighted by Crippen LogP contribution is 2.27. The van der Waals surface area contributed by atoms with Gasteiger partial charge in [-0.05, 0) is 38.3 Å². The predicted octanol–water partition coefficient (Wildman–Crippen LogP) is 1.99. The number of fused-ring (bicyclic) bond motifs is 1. The van der Waals surface area contributed by atoms with E-state index in [0.29, 0.717) is 19.6 Å². The molecule has 0 N–H and O–H groups in total. The van der Waals surface area contributed by atoms with Gasteiger partial charge < -0.3 is 14.5 Å². The predicted molar refractivity (Wildman–Crippen MR) is 88.3 cm³/mol. The number of para-hydroxylation sites is 1. The molecule has 0 radical (unpaired) electrons. The van der Waals surface area contributed by atoms with E-state index in [4.69, 9.17) is 4.74 Å². The summed E-state index contributed by atoms with van der Waals surface area (Å²) in [5, 5.41) is 0. The molecule has 0 bridgehead atoms. The van der Waals surface area contributed by atoms with Crippen molar-refractivity contribution < 1.29 is 14.3 Å². The molecule has 0 spiro atoms. The summed E-state index contributed by atoms with van der Waals surface area (Å²) in [5.41, 5.74) is 2.03. The second kappa shape index (κ2) is 6.71. The van der Waals surface area contributed by atoms with Gasteiger partial charge in [0, 0.05) is 18.7 Å². The van der Waals surface area contributed by atoms with Gasteiger partial charge in [0.05, 0.1) is 18.8 Å². The van der Waals surface area contributed by atoms with Crippen LogP contribution in [0.25, 0.3) is 0 Å². The summed E-state index contributed by atoms with van der Waals surface area (Å²) in [6.45, 7) is 5.22. The molecular weight excluding hydrogens is 292 g/mol. The van der Waals surface area contributed by atoms with Gasteiger partial charge in [-0.2, -0.15) is 0 Å². The van der Waals surface area contributed by atoms with Gasteiger partial charge in [0.25, 0.3) is 0 Å². The molecule has 0 saturated carbocycles. The summed E-state index contributed by atoms with van der Waals surface area (Å²) in [6, 6.07) is 7.95. The second-order valence-electron chi connectivity index (χ2n) is 6.50. The number of aryl methyl sites for hydroxylation is 1. The van der Waals surface area contributed by atoms with Crippen LogP contribution in [0.15, 0.2) is 24.3 Å². The Kier molecular flexibility index (Phi) is 4.66. The van der Waals surface area contributed by atoms with Gasteiger partial charge in [0.2, 0.25) is 11.8 Å². The first-order chi connectivity index (χ1) is 11.1. The average Bonchev–Trinajstić information content (AvgIpc) is 2.69. The number of ether oxygens (including phenoxy) is 1. The fourth-order valence-electron chi connectivity index (χ4n) is 3.34. The largest absolute Gasteiger partial charge is 0.375 e. The van der Waals surface area contributed by atoms with Crippen LogP contribution in [0, 0.1) is 0 Å². The van der Waals surface area contributed by atoms with Gasteiger partial charge in [0.1, 0.15) is 6.54 Å². The van der Waals surface area contributed by atoms with Crippen LogP contribution in [0.1, 0.15) is 32.3 Å². The van der Waals surface area contributed by atoms with E-state index in [1.54, 1.807) is 4.90 Å². The zero-order valence-electron chi connectivity index (χ0n) is 13.8. The normalized spacial score (nSPS) is 25.0. The lowest BCUT2D eigenvalue weighted by molar-refractivity contribution is -0.142. The first kappa shape index (κ1) is 16.0. The number of amides is 2.